The first-order valence-electron chi connectivity index (χ1n) is 7.02. The maximum Gasteiger partial charge on any atom is 0.0291 e. The third kappa shape index (κ3) is 3.45. The largest absolute Gasteiger partial charge is 0.310 e. The lowest BCUT2D eigenvalue weighted by molar-refractivity contribution is 0.598. The summed E-state index contributed by atoms with van der Waals surface area (Å²) < 4.78 is 0. The van der Waals surface area contributed by atoms with Gasteiger partial charge in [0, 0.05) is 6.04 Å². The first-order valence-corrected chi connectivity index (χ1v) is 7.02. The van der Waals surface area contributed by atoms with Crippen molar-refractivity contribution in [2.45, 2.75) is 33.7 Å². The van der Waals surface area contributed by atoms with Crippen molar-refractivity contribution in [3.05, 3.63) is 59.2 Å². The third-order valence-electron chi connectivity index (χ3n) is 3.45. The monoisotopic (exact) mass is 253 g/mol. The van der Waals surface area contributed by atoms with E-state index in [0.29, 0.717) is 6.04 Å². The van der Waals surface area contributed by atoms with Crippen LogP contribution in [0.15, 0.2) is 42.5 Å². The zero-order valence-electron chi connectivity index (χ0n) is 12.3. The highest BCUT2D eigenvalue weighted by molar-refractivity contribution is 5.66. The Bertz CT molecular complexity index is 537. The van der Waals surface area contributed by atoms with E-state index in [9.17, 15) is 0 Å². The van der Waals surface area contributed by atoms with Gasteiger partial charge in [0.25, 0.3) is 0 Å². The smallest absolute Gasteiger partial charge is 0.0291 e. The SMILES string of the molecule is CCNC(C)c1cccc(-c2cc(C)cc(C)c2)c1. The molecule has 0 saturated carbocycles. The average molecular weight is 253 g/mol. The Labute approximate surface area is 116 Å². The van der Waals surface area contributed by atoms with Gasteiger partial charge in [-0.3, -0.25) is 0 Å². The Morgan fingerprint density at radius 3 is 2.26 bits per heavy atom. The molecular weight excluding hydrogens is 230 g/mol. The molecule has 1 nitrogen and oxygen atoms in total. The van der Waals surface area contributed by atoms with Crippen molar-refractivity contribution >= 4 is 0 Å². The van der Waals surface area contributed by atoms with Crippen molar-refractivity contribution < 1.29 is 0 Å². The van der Waals surface area contributed by atoms with E-state index >= 15 is 0 Å². The lowest BCUT2D eigenvalue weighted by atomic mass is 9.97. The van der Waals surface area contributed by atoms with Gasteiger partial charge in [-0.2, -0.15) is 0 Å². The van der Waals surface area contributed by atoms with Crippen LogP contribution in [0.5, 0.6) is 0 Å². The molecule has 1 atom stereocenters. The van der Waals surface area contributed by atoms with Gasteiger partial charge in [-0.1, -0.05) is 54.4 Å². The number of hydrogen-bond acceptors (Lipinski definition) is 1. The van der Waals surface area contributed by atoms with Gasteiger partial charge >= 0.3 is 0 Å². The van der Waals surface area contributed by atoms with Gasteiger partial charge < -0.3 is 5.32 Å². The van der Waals surface area contributed by atoms with Crippen LogP contribution in [0, 0.1) is 13.8 Å². The number of aryl methyl sites for hydroxylation is 2. The van der Waals surface area contributed by atoms with Crippen LogP contribution in [0.1, 0.15) is 36.6 Å². The second kappa shape index (κ2) is 6.03. The van der Waals surface area contributed by atoms with E-state index in [2.05, 4.69) is 75.5 Å². The van der Waals surface area contributed by atoms with Crippen LogP contribution in [0.4, 0.5) is 0 Å². The van der Waals surface area contributed by atoms with Crippen LogP contribution in [-0.2, 0) is 0 Å². The van der Waals surface area contributed by atoms with Crippen LogP contribution in [0.2, 0.25) is 0 Å². The van der Waals surface area contributed by atoms with Gasteiger partial charge in [-0.05, 0) is 50.1 Å². The van der Waals surface area contributed by atoms with Crippen molar-refractivity contribution in [3.8, 4) is 11.1 Å². The number of rotatable bonds is 4. The summed E-state index contributed by atoms with van der Waals surface area (Å²) in [5, 5.41) is 3.46. The molecule has 1 N–H and O–H groups in total. The molecule has 0 amide bonds. The fourth-order valence-corrected chi connectivity index (χ4v) is 2.55. The average Bonchev–Trinajstić information content (AvgIpc) is 2.38. The summed E-state index contributed by atoms with van der Waals surface area (Å²) in [6.07, 6.45) is 0. The van der Waals surface area contributed by atoms with E-state index < -0.39 is 0 Å². The topological polar surface area (TPSA) is 12.0 Å². The molecule has 0 fully saturated rings. The van der Waals surface area contributed by atoms with Crippen LogP contribution in [0.25, 0.3) is 11.1 Å². The summed E-state index contributed by atoms with van der Waals surface area (Å²) in [6, 6.07) is 16.0. The van der Waals surface area contributed by atoms with Crippen molar-refractivity contribution in [3.63, 3.8) is 0 Å². The van der Waals surface area contributed by atoms with E-state index in [-0.39, 0.29) is 0 Å². The first-order chi connectivity index (χ1) is 9.10. The zero-order chi connectivity index (χ0) is 13.8. The predicted octanol–water partition coefficient (Wildman–Crippen LogP) is 4.64. The highest BCUT2D eigenvalue weighted by Crippen LogP contribution is 2.25. The van der Waals surface area contributed by atoms with Crippen LogP contribution < -0.4 is 5.32 Å². The van der Waals surface area contributed by atoms with E-state index in [0.717, 1.165) is 6.54 Å². The third-order valence-corrected chi connectivity index (χ3v) is 3.45. The first kappa shape index (κ1) is 13.8. The van der Waals surface area contributed by atoms with Gasteiger partial charge in [-0.15, -0.1) is 0 Å². The van der Waals surface area contributed by atoms with Crippen molar-refractivity contribution in [1.82, 2.24) is 5.32 Å². The lowest BCUT2D eigenvalue weighted by Crippen LogP contribution is -2.17. The minimum absolute atomic E-state index is 0.399. The molecule has 19 heavy (non-hydrogen) atoms. The van der Waals surface area contributed by atoms with Crippen LogP contribution >= 0.6 is 0 Å². The van der Waals surface area contributed by atoms with Crippen molar-refractivity contribution in [2.24, 2.45) is 0 Å². The molecule has 1 unspecified atom stereocenters. The van der Waals surface area contributed by atoms with Gasteiger partial charge in [0.05, 0.1) is 0 Å². The molecule has 0 aromatic heterocycles. The van der Waals surface area contributed by atoms with Crippen molar-refractivity contribution in [1.29, 1.82) is 0 Å². The summed E-state index contributed by atoms with van der Waals surface area (Å²) in [6.45, 7) is 9.66. The normalized spacial score (nSPS) is 12.4. The second-order valence-electron chi connectivity index (χ2n) is 5.28. The molecule has 0 aliphatic rings. The summed E-state index contributed by atoms with van der Waals surface area (Å²) in [5.74, 6) is 0. The van der Waals surface area contributed by atoms with E-state index in [1.165, 1.54) is 27.8 Å². The Balaban J connectivity index is 2.37. The fourth-order valence-electron chi connectivity index (χ4n) is 2.55. The number of hydrogen-bond donors (Lipinski definition) is 1. The Morgan fingerprint density at radius 1 is 0.947 bits per heavy atom. The van der Waals surface area contributed by atoms with Gasteiger partial charge in [0.15, 0.2) is 0 Å². The summed E-state index contributed by atoms with van der Waals surface area (Å²) in [5.41, 5.74) is 6.59. The Hall–Kier alpha value is -1.60. The van der Waals surface area contributed by atoms with Gasteiger partial charge in [0.1, 0.15) is 0 Å². The second-order valence-corrected chi connectivity index (χ2v) is 5.28. The van der Waals surface area contributed by atoms with Crippen molar-refractivity contribution in [2.75, 3.05) is 6.54 Å². The standard InChI is InChI=1S/C18H23N/c1-5-19-15(4)16-7-6-8-17(12-16)18-10-13(2)9-14(3)11-18/h6-12,15,19H,5H2,1-4H3. The van der Waals surface area contributed by atoms with Crippen LogP contribution in [0.3, 0.4) is 0 Å². The molecule has 0 bridgehead atoms. The number of nitrogens with one attached hydrogen (secondary N) is 1. The molecule has 100 valence electrons. The molecule has 1 heteroatoms. The zero-order valence-corrected chi connectivity index (χ0v) is 12.3. The molecule has 0 radical (unpaired) electrons. The van der Waals surface area contributed by atoms with Gasteiger partial charge in [0.2, 0.25) is 0 Å². The lowest BCUT2D eigenvalue weighted by Gasteiger charge is -2.14. The maximum absolute atomic E-state index is 3.46. The summed E-state index contributed by atoms with van der Waals surface area (Å²) in [4.78, 5) is 0. The van der Waals surface area contributed by atoms with E-state index in [4.69, 9.17) is 0 Å². The molecule has 0 heterocycles. The molecule has 2 aromatic rings. The molecule has 2 aromatic carbocycles. The quantitative estimate of drug-likeness (QED) is 0.837. The minimum Gasteiger partial charge on any atom is -0.310 e. The van der Waals surface area contributed by atoms with E-state index in [1.54, 1.807) is 0 Å². The van der Waals surface area contributed by atoms with Crippen LogP contribution in [-0.4, -0.2) is 6.54 Å². The van der Waals surface area contributed by atoms with E-state index in [1.807, 2.05) is 0 Å². The summed E-state index contributed by atoms with van der Waals surface area (Å²) >= 11 is 0. The highest BCUT2D eigenvalue weighted by Gasteiger charge is 2.06. The Morgan fingerprint density at radius 2 is 1.63 bits per heavy atom. The fraction of sp³-hybridized carbons (Fsp3) is 0.333. The molecule has 0 aliphatic heterocycles. The maximum atomic E-state index is 3.46. The molecule has 0 spiro atoms. The molecule has 2 rings (SSSR count). The summed E-state index contributed by atoms with van der Waals surface area (Å²) in [7, 11) is 0. The molecule has 0 aliphatic carbocycles. The molecular formula is C18H23N. The number of benzene rings is 2. The predicted molar refractivity (Wildman–Crippen MR) is 83.4 cm³/mol. The molecule has 0 saturated heterocycles. The highest BCUT2D eigenvalue weighted by atomic mass is 14.9. The van der Waals surface area contributed by atoms with Gasteiger partial charge in [-0.25, -0.2) is 0 Å². The Kier molecular flexibility index (Phi) is 4.39. The minimum atomic E-state index is 0.399.